The molecule has 3 N–H and O–H groups in total. The van der Waals surface area contributed by atoms with Crippen LogP contribution in [0.15, 0.2) is 71.9 Å². The molecule has 7 nitrogen and oxygen atoms in total. The Morgan fingerprint density at radius 1 is 1.08 bits per heavy atom. The number of H-pyrrole nitrogens is 1. The lowest BCUT2D eigenvalue weighted by Crippen LogP contribution is -2.30. The summed E-state index contributed by atoms with van der Waals surface area (Å²) >= 11 is 0. The smallest absolute Gasteiger partial charge is 0.257 e. The minimum atomic E-state index is -0.188. The first-order valence-corrected chi connectivity index (χ1v) is 12.9. The minimum Gasteiger partial charge on any atom is -0.355 e. The molecule has 0 unspecified atom stereocenters. The van der Waals surface area contributed by atoms with Crippen molar-refractivity contribution >= 4 is 23.3 Å². The topological polar surface area (TPSA) is 76.3 Å². The fourth-order valence-electron chi connectivity index (χ4n) is 4.54. The molecule has 1 aliphatic rings. The van der Waals surface area contributed by atoms with Crippen LogP contribution in [0, 0.1) is 6.92 Å². The maximum atomic E-state index is 12.8. The van der Waals surface area contributed by atoms with Crippen LogP contribution in [-0.4, -0.2) is 59.5 Å². The molecular formula is C30H38N6O. The molecule has 1 saturated heterocycles. The summed E-state index contributed by atoms with van der Waals surface area (Å²) in [6, 6.07) is 14.2. The van der Waals surface area contributed by atoms with Gasteiger partial charge in [-0.25, -0.2) is 4.98 Å². The average molecular weight is 499 g/mol. The number of likely N-dealkylation sites (N-methyl/N-ethyl adjacent to an activating group) is 1. The van der Waals surface area contributed by atoms with Crippen LogP contribution in [0.4, 0.5) is 11.5 Å². The van der Waals surface area contributed by atoms with Gasteiger partial charge in [-0.15, -0.1) is 0 Å². The second kappa shape index (κ2) is 12.5. The summed E-state index contributed by atoms with van der Waals surface area (Å²) < 4.78 is 0. The quantitative estimate of drug-likeness (QED) is 0.393. The number of hydrogen-bond donors (Lipinski definition) is 3. The molecule has 4 rings (SSSR count). The van der Waals surface area contributed by atoms with Crippen molar-refractivity contribution in [3.63, 3.8) is 0 Å². The summed E-state index contributed by atoms with van der Waals surface area (Å²) in [6.07, 6.45) is 7.66. The summed E-state index contributed by atoms with van der Waals surface area (Å²) in [7, 11) is 2.20. The van der Waals surface area contributed by atoms with Crippen LogP contribution in [0.25, 0.3) is 11.8 Å². The third-order valence-electron chi connectivity index (χ3n) is 6.68. The molecule has 0 atom stereocenters. The van der Waals surface area contributed by atoms with Gasteiger partial charge in [-0.3, -0.25) is 4.79 Å². The van der Waals surface area contributed by atoms with Gasteiger partial charge >= 0.3 is 0 Å². The molecule has 3 aromatic rings. The fraction of sp³-hybridized carbons (Fsp3) is 0.333. The van der Waals surface area contributed by atoms with Crippen LogP contribution in [0.1, 0.15) is 35.6 Å². The van der Waals surface area contributed by atoms with E-state index in [-0.39, 0.29) is 5.56 Å². The highest BCUT2D eigenvalue weighted by atomic mass is 16.1. The van der Waals surface area contributed by atoms with Crippen molar-refractivity contribution in [2.24, 2.45) is 0 Å². The lowest BCUT2D eigenvalue weighted by Gasteiger charge is -2.20. The number of allylic oxidation sites excluding steroid dienone is 1. The van der Waals surface area contributed by atoms with Gasteiger partial charge in [-0.05, 0) is 93.9 Å². The van der Waals surface area contributed by atoms with Crippen LogP contribution >= 0.6 is 0 Å². The SMILES string of the molecule is C=C(Nc1ccc(CCN2CCCN(C)CC2)cc1)c1c(/C=C(\C)Nc2ccc(C)cn2)cc[nH]c1=O. The summed E-state index contributed by atoms with van der Waals surface area (Å²) in [4.78, 5) is 24.9. The zero-order valence-electron chi connectivity index (χ0n) is 22.2. The Morgan fingerprint density at radius 2 is 1.89 bits per heavy atom. The predicted octanol–water partition coefficient (Wildman–Crippen LogP) is 4.81. The highest BCUT2D eigenvalue weighted by Gasteiger charge is 2.13. The highest BCUT2D eigenvalue weighted by Crippen LogP contribution is 2.21. The Morgan fingerprint density at radius 3 is 2.65 bits per heavy atom. The second-order valence-corrected chi connectivity index (χ2v) is 9.86. The van der Waals surface area contributed by atoms with E-state index in [4.69, 9.17) is 0 Å². The van der Waals surface area contributed by atoms with E-state index >= 15 is 0 Å². The molecule has 0 aliphatic carbocycles. The lowest BCUT2D eigenvalue weighted by molar-refractivity contribution is 0.279. The molecule has 7 heteroatoms. The molecule has 194 valence electrons. The van der Waals surface area contributed by atoms with E-state index in [0.717, 1.165) is 54.4 Å². The summed E-state index contributed by atoms with van der Waals surface area (Å²) in [5, 5.41) is 6.60. The standard InChI is InChI=1S/C30H38N6O/c1-22-6-11-28(32-21-22)33-23(2)20-26-12-14-31-30(37)29(26)24(3)34-27-9-7-25(8-10-27)13-17-36-16-5-15-35(4)18-19-36/h6-12,14,20-21,34H,3,5,13,15-19H2,1-2,4H3,(H,31,37)(H,32,33)/b23-20+. The molecule has 0 radical (unpaired) electrons. The molecule has 1 aliphatic heterocycles. The number of aromatic amines is 1. The Bertz CT molecular complexity index is 1280. The van der Waals surface area contributed by atoms with E-state index in [1.165, 1.54) is 25.1 Å². The Hall–Kier alpha value is -3.68. The van der Waals surface area contributed by atoms with Gasteiger partial charge in [-0.2, -0.15) is 0 Å². The molecule has 3 heterocycles. The van der Waals surface area contributed by atoms with Crippen molar-refractivity contribution < 1.29 is 0 Å². The maximum Gasteiger partial charge on any atom is 0.257 e. The van der Waals surface area contributed by atoms with Gasteiger partial charge in [0.25, 0.3) is 5.56 Å². The van der Waals surface area contributed by atoms with Crippen molar-refractivity contribution in [3.8, 4) is 0 Å². The molecule has 1 fully saturated rings. The van der Waals surface area contributed by atoms with Gasteiger partial charge in [0.05, 0.1) is 5.56 Å². The van der Waals surface area contributed by atoms with E-state index in [1.807, 2.05) is 44.3 Å². The van der Waals surface area contributed by atoms with Crippen molar-refractivity contribution in [2.75, 3.05) is 50.4 Å². The molecule has 0 amide bonds. The first kappa shape index (κ1) is 26.4. The largest absolute Gasteiger partial charge is 0.355 e. The number of benzene rings is 1. The molecular weight excluding hydrogens is 460 g/mol. The number of nitrogens with zero attached hydrogens (tertiary/aromatic N) is 3. The number of hydrogen-bond acceptors (Lipinski definition) is 6. The van der Waals surface area contributed by atoms with Crippen molar-refractivity contribution in [3.05, 3.63) is 99.7 Å². The first-order chi connectivity index (χ1) is 17.9. The lowest BCUT2D eigenvalue weighted by atomic mass is 10.1. The summed E-state index contributed by atoms with van der Waals surface area (Å²) in [5.41, 5.74) is 5.83. The van der Waals surface area contributed by atoms with E-state index in [9.17, 15) is 4.79 Å². The van der Waals surface area contributed by atoms with E-state index in [2.05, 4.69) is 68.3 Å². The average Bonchev–Trinajstić information content (AvgIpc) is 3.09. The monoisotopic (exact) mass is 498 g/mol. The highest BCUT2D eigenvalue weighted by molar-refractivity contribution is 5.80. The number of pyridine rings is 2. The zero-order valence-corrected chi connectivity index (χ0v) is 22.2. The van der Waals surface area contributed by atoms with Crippen LogP contribution in [0.5, 0.6) is 0 Å². The van der Waals surface area contributed by atoms with Gasteiger partial charge in [0, 0.05) is 49.1 Å². The van der Waals surface area contributed by atoms with Crippen molar-refractivity contribution in [2.45, 2.75) is 26.7 Å². The Balaban J connectivity index is 1.40. The molecule has 0 saturated carbocycles. The van der Waals surface area contributed by atoms with E-state index < -0.39 is 0 Å². The van der Waals surface area contributed by atoms with Crippen LogP contribution in [-0.2, 0) is 6.42 Å². The molecule has 0 bridgehead atoms. The number of aromatic nitrogens is 2. The minimum absolute atomic E-state index is 0.188. The molecule has 37 heavy (non-hydrogen) atoms. The third-order valence-corrected chi connectivity index (χ3v) is 6.68. The summed E-state index contributed by atoms with van der Waals surface area (Å²) in [5.74, 6) is 0.756. The van der Waals surface area contributed by atoms with Gasteiger partial charge < -0.3 is 25.4 Å². The molecule has 1 aromatic carbocycles. The molecule has 2 aromatic heterocycles. The number of aryl methyl sites for hydroxylation is 1. The number of rotatable bonds is 9. The normalized spacial score (nSPS) is 15.3. The Kier molecular flexibility index (Phi) is 8.93. The molecule has 0 spiro atoms. The number of anilines is 2. The fourth-order valence-corrected chi connectivity index (χ4v) is 4.54. The maximum absolute atomic E-state index is 12.8. The van der Waals surface area contributed by atoms with Gasteiger partial charge in [0.2, 0.25) is 0 Å². The summed E-state index contributed by atoms with van der Waals surface area (Å²) in [6.45, 7) is 13.8. The first-order valence-electron chi connectivity index (χ1n) is 12.9. The second-order valence-electron chi connectivity index (χ2n) is 9.86. The Labute approximate surface area is 219 Å². The zero-order chi connectivity index (χ0) is 26.2. The van der Waals surface area contributed by atoms with E-state index in [0.29, 0.717) is 11.3 Å². The van der Waals surface area contributed by atoms with Gasteiger partial charge in [0.1, 0.15) is 5.82 Å². The van der Waals surface area contributed by atoms with Crippen molar-refractivity contribution in [1.29, 1.82) is 0 Å². The van der Waals surface area contributed by atoms with Crippen molar-refractivity contribution in [1.82, 2.24) is 19.8 Å². The number of nitrogens with one attached hydrogen (secondary N) is 3. The van der Waals surface area contributed by atoms with E-state index in [1.54, 1.807) is 6.20 Å². The predicted molar refractivity (Wildman–Crippen MR) is 155 cm³/mol. The van der Waals surface area contributed by atoms with Crippen LogP contribution < -0.4 is 16.2 Å². The van der Waals surface area contributed by atoms with Gasteiger partial charge in [-0.1, -0.05) is 24.8 Å². The van der Waals surface area contributed by atoms with Crippen LogP contribution in [0.3, 0.4) is 0 Å². The van der Waals surface area contributed by atoms with Gasteiger partial charge in [0.15, 0.2) is 0 Å². The van der Waals surface area contributed by atoms with Crippen LogP contribution in [0.2, 0.25) is 0 Å². The third kappa shape index (κ3) is 7.65.